The van der Waals surface area contributed by atoms with E-state index >= 15 is 0 Å². The van der Waals surface area contributed by atoms with E-state index in [0.29, 0.717) is 0 Å². The van der Waals surface area contributed by atoms with Crippen LogP contribution in [0.1, 0.15) is 0 Å². The van der Waals surface area contributed by atoms with Gasteiger partial charge < -0.3 is 10.2 Å². The van der Waals surface area contributed by atoms with Gasteiger partial charge in [0.1, 0.15) is 0 Å². The number of nitrogens with two attached hydrogens (primary N) is 1. The number of hydrogen-bond acceptors (Lipinski definition) is 4. The predicted molar refractivity (Wildman–Crippen MR) is 46.9 cm³/mol. The van der Waals surface area contributed by atoms with Gasteiger partial charge in [0.15, 0.2) is 11.5 Å². The molecule has 2 rings (SSSR count). The number of nitrogen functional groups attached to an aromatic ring is 1. The van der Waals surface area contributed by atoms with E-state index in [9.17, 15) is 9.18 Å². The fourth-order valence-corrected chi connectivity index (χ4v) is 1.05. The van der Waals surface area contributed by atoms with Gasteiger partial charge in [0.2, 0.25) is 11.8 Å². The smallest absolute Gasteiger partial charge is 0.289 e. The molecule has 14 heavy (non-hydrogen) atoms. The van der Waals surface area contributed by atoms with Gasteiger partial charge in [-0.3, -0.25) is 9.78 Å². The molecule has 5 nitrogen and oxygen atoms in total. The van der Waals surface area contributed by atoms with Crippen molar-refractivity contribution < 1.29 is 8.81 Å². The zero-order valence-electron chi connectivity index (χ0n) is 6.95. The Morgan fingerprint density at radius 2 is 2.36 bits per heavy atom. The fraction of sp³-hybridized carbons (Fsp3) is 0. The minimum Gasteiger partial charge on any atom is -0.463 e. The number of aromatic amines is 1. The van der Waals surface area contributed by atoms with Crippen LogP contribution >= 0.6 is 0 Å². The van der Waals surface area contributed by atoms with E-state index in [4.69, 9.17) is 10.2 Å². The summed E-state index contributed by atoms with van der Waals surface area (Å²) in [5.74, 6) is -0.989. The summed E-state index contributed by atoms with van der Waals surface area (Å²) in [4.78, 5) is 16.6. The second-order valence-electron chi connectivity index (χ2n) is 2.59. The van der Waals surface area contributed by atoms with Crippen LogP contribution in [0.5, 0.6) is 0 Å². The maximum absolute atomic E-state index is 13.2. The van der Waals surface area contributed by atoms with Crippen molar-refractivity contribution in [1.82, 2.24) is 9.97 Å². The molecular formula is C8H6FN3O2. The molecule has 0 fully saturated rings. The predicted octanol–water partition coefficient (Wildman–Crippen LogP) is 0.751. The Balaban J connectivity index is 2.70. The first kappa shape index (κ1) is 8.49. The Morgan fingerprint density at radius 1 is 1.57 bits per heavy atom. The standard InChI is InChI=1S/C8H6FN3O2/c9-5-6(4-2-1-3-14-4)11-8(10)12-7(5)13/h1-3H,(H3,10,11,12,13). The van der Waals surface area contributed by atoms with Gasteiger partial charge >= 0.3 is 0 Å². The van der Waals surface area contributed by atoms with Gasteiger partial charge in [-0.2, -0.15) is 4.39 Å². The molecule has 2 aromatic heterocycles. The zero-order chi connectivity index (χ0) is 10.1. The van der Waals surface area contributed by atoms with Gasteiger partial charge in [-0.05, 0) is 12.1 Å². The monoisotopic (exact) mass is 195 g/mol. The quantitative estimate of drug-likeness (QED) is 0.703. The lowest BCUT2D eigenvalue weighted by atomic mass is 10.3. The van der Waals surface area contributed by atoms with Crippen LogP contribution in [0.4, 0.5) is 10.3 Å². The molecule has 6 heteroatoms. The molecule has 3 N–H and O–H groups in total. The summed E-state index contributed by atoms with van der Waals surface area (Å²) < 4.78 is 18.1. The van der Waals surface area contributed by atoms with Gasteiger partial charge in [-0.15, -0.1) is 0 Å². The molecule has 2 aromatic rings. The molecule has 2 heterocycles. The minimum absolute atomic E-state index is 0.150. The van der Waals surface area contributed by atoms with Gasteiger partial charge in [-0.1, -0.05) is 0 Å². The molecule has 0 amide bonds. The summed E-state index contributed by atoms with van der Waals surface area (Å²) in [7, 11) is 0. The number of hydrogen-bond donors (Lipinski definition) is 2. The molecule has 0 radical (unpaired) electrons. The highest BCUT2D eigenvalue weighted by molar-refractivity contribution is 5.53. The highest BCUT2D eigenvalue weighted by Gasteiger charge is 2.13. The number of H-pyrrole nitrogens is 1. The normalized spacial score (nSPS) is 10.4. The third-order valence-electron chi connectivity index (χ3n) is 1.64. The van der Waals surface area contributed by atoms with Crippen molar-refractivity contribution in [3.05, 3.63) is 34.6 Å². The molecule has 0 atom stereocenters. The topological polar surface area (TPSA) is 84.9 Å². The first-order valence-corrected chi connectivity index (χ1v) is 3.77. The molecule has 0 saturated heterocycles. The zero-order valence-corrected chi connectivity index (χ0v) is 6.95. The van der Waals surface area contributed by atoms with E-state index in [1.807, 2.05) is 4.98 Å². The summed E-state index contributed by atoms with van der Waals surface area (Å²) in [6.45, 7) is 0. The molecule has 0 aliphatic carbocycles. The van der Waals surface area contributed by atoms with Gasteiger partial charge in [-0.25, -0.2) is 4.98 Å². The molecular weight excluding hydrogens is 189 g/mol. The van der Waals surface area contributed by atoms with E-state index in [1.54, 1.807) is 6.07 Å². The minimum atomic E-state index is -1.01. The van der Waals surface area contributed by atoms with Crippen LogP contribution in [0, 0.1) is 5.82 Å². The lowest BCUT2D eigenvalue weighted by Gasteiger charge is -1.98. The molecule has 0 aliphatic heterocycles. The highest BCUT2D eigenvalue weighted by Crippen LogP contribution is 2.18. The van der Waals surface area contributed by atoms with Crippen LogP contribution in [0.2, 0.25) is 0 Å². The van der Waals surface area contributed by atoms with E-state index < -0.39 is 11.4 Å². The number of aromatic nitrogens is 2. The summed E-state index contributed by atoms with van der Waals surface area (Å²) in [6.07, 6.45) is 1.35. The first-order valence-electron chi connectivity index (χ1n) is 3.77. The van der Waals surface area contributed by atoms with Crippen molar-refractivity contribution in [1.29, 1.82) is 0 Å². The van der Waals surface area contributed by atoms with Crippen molar-refractivity contribution >= 4 is 5.95 Å². The Bertz CT molecular complexity index is 504. The van der Waals surface area contributed by atoms with Crippen LogP contribution in [-0.4, -0.2) is 9.97 Å². The maximum Gasteiger partial charge on any atom is 0.289 e. The maximum atomic E-state index is 13.2. The lowest BCUT2D eigenvalue weighted by molar-refractivity contribution is 0.558. The number of furan rings is 1. The van der Waals surface area contributed by atoms with E-state index in [0.717, 1.165) is 0 Å². The molecule has 0 aliphatic rings. The van der Waals surface area contributed by atoms with Gasteiger partial charge in [0.25, 0.3) is 5.56 Å². The summed E-state index contributed by atoms with van der Waals surface area (Å²) in [5.41, 5.74) is 4.16. The molecule has 72 valence electrons. The Hall–Kier alpha value is -2.11. The van der Waals surface area contributed by atoms with Crippen molar-refractivity contribution in [2.75, 3.05) is 5.73 Å². The Morgan fingerprint density at radius 3 is 3.00 bits per heavy atom. The summed E-state index contributed by atoms with van der Waals surface area (Å²) in [5, 5.41) is 0. The average Bonchev–Trinajstić information content (AvgIpc) is 2.63. The van der Waals surface area contributed by atoms with Crippen molar-refractivity contribution in [3.8, 4) is 11.5 Å². The number of nitrogens with one attached hydrogen (secondary N) is 1. The summed E-state index contributed by atoms with van der Waals surface area (Å²) >= 11 is 0. The SMILES string of the molecule is Nc1nc(-c2ccco2)c(F)c(=O)[nH]1. The van der Waals surface area contributed by atoms with Crippen LogP contribution in [0.25, 0.3) is 11.5 Å². The molecule has 0 unspecified atom stereocenters. The molecule has 0 spiro atoms. The third kappa shape index (κ3) is 1.26. The van der Waals surface area contributed by atoms with Crippen molar-refractivity contribution in [2.24, 2.45) is 0 Å². The molecule has 0 aromatic carbocycles. The largest absolute Gasteiger partial charge is 0.463 e. The van der Waals surface area contributed by atoms with Crippen LogP contribution in [-0.2, 0) is 0 Å². The Labute approximate surface area is 77.4 Å². The number of halogens is 1. The van der Waals surface area contributed by atoms with Crippen LogP contribution in [0.3, 0.4) is 0 Å². The number of anilines is 1. The van der Waals surface area contributed by atoms with Gasteiger partial charge in [0.05, 0.1) is 6.26 Å². The summed E-state index contributed by atoms with van der Waals surface area (Å²) in [6, 6.07) is 3.05. The second-order valence-corrected chi connectivity index (χ2v) is 2.59. The first-order chi connectivity index (χ1) is 6.68. The van der Waals surface area contributed by atoms with Gasteiger partial charge in [0, 0.05) is 0 Å². The van der Waals surface area contributed by atoms with Crippen molar-refractivity contribution in [2.45, 2.75) is 0 Å². The van der Waals surface area contributed by atoms with E-state index in [-0.39, 0.29) is 17.4 Å². The molecule has 0 bridgehead atoms. The Kier molecular flexibility index (Phi) is 1.81. The lowest BCUT2D eigenvalue weighted by Crippen LogP contribution is -2.16. The fourth-order valence-electron chi connectivity index (χ4n) is 1.05. The van der Waals surface area contributed by atoms with E-state index in [2.05, 4.69) is 4.98 Å². The van der Waals surface area contributed by atoms with Crippen LogP contribution < -0.4 is 11.3 Å². The van der Waals surface area contributed by atoms with Crippen LogP contribution in [0.15, 0.2) is 27.6 Å². The van der Waals surface area contributed by atoms with E-state index in [1.165, 1.54) is 12.3 Å². The molecule has 0 saturated carbocycles. The van der Waals surface area contributed by atoms with Crippen molar-refractivity contribution in [3.63, 3.8) is 0 Å². The third-order valence-corrected chi connectivity index (χ3v) is 1.64. The average molecular weight is 195 g/mol. The highest BCUT2D eigenvalue weighted by atomic mass is 19.1. The number of rotatable bonds is 1. The second kappa shape index (κ2) is 2.99. The number of nitrogens with zero attached hydrogens (tertiary/aromatic N) is 1.